The van der Waals surface area contributed by atoms with Gasteiger partial charge in [-0.15, -0.1) is 0 Å². The number of nitrogen functional groups attached to an aromatic ring is 1. The van der Waals surface area contributed by atoms with Gasteiger partial charge in [-0.2, -0.15) is 5.10 Å². The normalized spacial score (nSPS) is 12.6. The monoisotopic (exact) mass is 197 g/mol. The highest BCUT2D eigenvalue weighted by molar-refractivity contribution is 5.73. The van der Waals surface area contributed by atoms with Crippen LogP contribution < -0.4 is 5.73 Å². The zero-order chi connectivity index (χ0) is 10.9. The maximum Gasteiger partial charge on any atom is 0.330 e. The Morgan fingerprint density at radius 3 is 2.50 bits per heavy atom. The molecule has 1 atom stereocenters. The molecule has 0 spiro atoms. The van der Waals surface area contributed by atoms with Crippen LogP contribution in [0.4, 0.5) is 5.69 Å². The molecule has 78 valence electrons. The molecule has 14 heavy (non-hydrogen) atoms. The third-order valence-corrected chi connectivity index (χ3v) is 2.29. The van der Waals surface area contributed by atoms with E-state index in [0.29, 0.717) is 5.69 Å². The molecule has 0 fully saturated rings. The lowest BCUT2D eigenvalue weighted by atomic mass is 10.3. The van der Waals surface area contributed by atoms with Gasteiger partial charge in [-0.1, -0.05) is 0 Å². The highest BCUT2D eigenvalue weighted by Gasteiger charge is 2.20. The minimum absolute atomic E-state index is 0.324. The fourth-order valence-corrected chi connectivity index (χ4v) is 1.32. The first-order chi connectivity index (χ1) is 6.49. The molecule has 0 bridgehead atoms. The smallest absolute Gasteiger partial charge is 0.330 e. The number of rotatable bonds is 2. The molecule has 1 rings (SSSR count). The number of methoxy groups -OCH3 is 1. The summed E-state index contributed by atoms with van der Waals surface area (Å²) in [5.74, 6) is -0.324. The minimum atomic E-state index is -0.434. The van der Waals surface area contributed by atoms with Gasteiger partial charge in [0.15, 0.2) is 0 Å². The van der Waals surface area contributed by atoms with Crippen molar-refractivity contribution < 1.29 is 9.53 Å². The van der Waals surface area contributed by atoms with Crippen molar-refractivity contribution in [1.82, 2.24) is 9.78 Å². The van der Waals surface area contributed by atoms with E-state index in [0.717, 1.165) is 11.4 Å². The van der Waals surface area contributed by atoms with E-state index in [1.807, 2.05) is 13.8 Å². The molecule has 0 radical (unpaired) electrons. The zero-order valence-corrected chi connectivity index (χ0v) is 8.87. The Hall–Kier alpha value is -1.52. The first-order valence-corrected chi connectivity index (χ1v) is 4.38. The summed E-state index contributed by atoms with van der Waals surface area (Å²) < 4.78 is 6.21. The Morgan fingerprint density at radius 2 is 2.14 bits per heavy atom. The summed E-state index contributed by atoms with van der Waals surface area (Å²) in [4.78, 5) is 11.3. The number of nitrogens with zero attached hydrogens (tertiary/aromatic N) is 2. The van der Waals surface area contributed by atoms with Crippen molar-refractivity contribution in [1.29, 1.82) is 0 Å². The molecule has 0 saturated carbocycles. The van der Waals surface area contributed by atoms with Crippen LogP contribution >= 0.6 is 0 Å². The molecule has 0 amide bonds. The maximum absolute atomic E-state index is 11.3. The summed E-state index contributed by atoms with van der Waals surface area (Å²) in [6.45, 7) is 5.36. The number of carbonyl (C=O) groups excluding carboxylic acids is 1. The Balaban J connectivity index is 3.07. The van der Waals surface area contributed by atoms with E-state index in [1.165, 1.54) is 7.11 Å². The highest BCUT2D eigenvalue weighted by atomic mass is 16.5. The Morgan fingerprint density at radius 1 is 1.57 bits per heavy atom. The molecule has 1 unspecified atom stereocenters. The van der Waals surface area contributed by atoms with Gasteiger partial charge in [0.05, 0.1) is 24.2 Å². The zero-order valence-electron chi connectivity index (χ0n) is 8.87. The minimum Gasteiger partial charge on any atom is -0.467 e. The van der Waals surface area contributed by atoms with E-state index >= 15 is 0 Å². The molecule has 0 aliphatic carbocycles. The van der Waals surface area contributed by atoms with E-state index in [2.05, 4.69) is 9.84 Å². The van der Waals surface area contributed by atoms with Gasteiger partial charge in [-0.25, -0.2) is 4.79 Å². The van der Waals surface area contributed by atoms with Gasteiger partial charge in [-0.05, 0) is 20.8 Å². The number of anilines is 1. The van der Waals surface area contributed by atoms with E-state index in [4.69, 9.17) is 5.73 Å². The van der Waals surface area contributed by atoms with Crippen molar-refractivity contribution in [3.8, 4) is 0 Å². The molecule has 5 heteroatoms. The summed E-state index contributed by atoms with van der Waals surface area (Å²) in [5, 5.41) is 4.17. The van der Waals surface area contributed by atoms with Crippen LogP contribution in [0.5, 0.6) is 0 Å². The third-order valence-electron chi connectivity index (χ3n) is 2.29. The van der Waals surface area contributed by atoms with E-state index in [-0.39, 0.29) is 5.97 Å². The molecule has 0 saturated heterocycles. The predicted octanol–water partition coefficient (Wildman–Crippen LogP) is 0.816. The molecule has 2 N–H and O–H groups in total. The second-order valence-corrected chi connectivity index (χ2v) is 3.23. The lowest BCUT2D eigenvalue weighted by Crippen LogP contribution is -2.20. The molecular weight excluding hydrogens is 182 g/mol. The molecular formula is C9H15N3O2. The number of aryl methyl sites for hydroxylation is 1. The van der Waals surface area contributed by atoms with E-state index < -0.39 is 6.04 Å². The van der Waals surface area contributed by atoms with Crippen molar-refractivity contribution in [2.24, 2.45) is 0 Å². The molecule has 0 aliphatic rings. The lowest BCUT2D eigenvalue weighted by Gasteiger charge is -2.11. The van der Waals surface area contributed by atoms with Crippen LogP contribution in [0, 0.1) is 13.8 Å². The largest absolute Gasteiger partial charge is 0.467 e. The van der Waals surface area contributed by atoms with Crippen molar-refractivity contribution >= 4 is 11.7 Å². The summed E-state index contributed by atoms with van der Waals surface area (Å²) >= 11 is 0. The number of nitrogens with two attached hydrogens (primary N) is 1. The first kappa shape index (κ1) is 10.6. The fourth-order valence-electron chi connectivity index (χ4n) is 1.32. The van der Waals surface area contributed by atoms with Crippen molar-refractivity contribution in [2.45, 2.75) is 26.8 Å². The Bertz CT molecular complexity index is 357. The molecule has 0 aromatic carbocycles. The van der Waals surface area contributed by atoms with Crippen LogP contribution in [-0.2, 0) is 9.53 Å². The summed E-state index contributed by atoms with van der Waals surface area (Å²) in [6, 6.07) is -0.434. The van der Waals surface area contributed by atoms with Crippen molar-refractivity contribution in [2.75, 3.05) is 12.8 Å². The van der Waals surface area contributed by atoms with Gasteiger partial charge in [0.2, 0.25) is 0 Å². The number of hydrogen-bond acceptors (Lipinski definition) is 4. The lowest BCUT2D eigenvalue weighted by molar-refractivity contribution is -0.144. The van der Waals surface area contributed by atoms with Crippen LogP contribution in [0.3, 0.4) is 0 Å². The van der Waals surface area contributed by atoms with Crippen molar-refractivity contribution in [3.63, 3.8) is 0 Å². The van der Waals surface area contributed by atoms with Gasteiger partial charge >= 0.3 is 5.97 Å². The first-order valence-electron chi connectivity index (χ1n) is 4.38. The van der Waals surface area contributed by atoms with Crippen LogP contribution in [0.1, 0.15) is 24.4 Å². The van der Waals surface area contributed by atoms with Crippen LogP contribution in [0.15, 0.2) is 0 Å². The number of ether oxygens (including phenoxy) is 1. The molecule has 5 nitrogen and oxygen atoms in total. The third kappa shape index (κ3) is 1.57. The van der Waals surface area contributed by atoms with Crippen molar-refractivity contribution in [3.05, 3.63) is 11.4 Å². The van der Waals surface area contributed by atoms with Crippen LogP contribution in [-0.4, -0.2) is 22.9 Å². The van der Waals surface area contributed by atoms with Gasteiger partial charge in [0, 0.05) is 0 Å². The summed E-state index contributed by atoms with van der Waals surface area (Å²) in [7, 11) is 1.36. The van der Waals surface area contributed by atoms with Gasteiger partial charge < -0.3 is 10.5 Å². The summed E-state index contributed by atoms with van der Waals surface area (Å²) in [6.07, 6.45) is 0. The Labute approximate surface area is 82.8 Å². The standard InChI is InChI=1S/C9H15N3O2/c1-5-8(10)6(2)12(11-5)7(3)9(13)14-4/h7H,10H2,1-4H3. The molecule has 1 heterocycles. The van der Waals surface area contributed by atoms with Gasteiger partial charge in [-0.3, -0.25) is 4.68 Å². The molecule has 1 aromatic rings. The van der Waals surface area contributed by atoms with Crippen LogP contribution in [0.25, 0.3) is 0 Å². The average molecular weight is 197 g/mol. The number of carbonyl (C=O) groups is 1. The number of esters is 1. The SMILES string of the molecule is COC(=O)C(C)n1nc(C)c(N)c1C. The second-order valence-electron chi connectivity index (χ2n) is 3.23. The highest BCUT2D eigenvalue weighted by Crippen LogP contribution is 2.19. The predicted molar refractivity (Wildman–Crippen MR) is 52.8 cm³/mol. The fraction of sp³-hybridized carbons (Fsp3) is 0.556. The number of hydrogen-bond donors (Lipinski definition) is 1. The van der Waals surface area contributed by atoms with E-state index in [1.54, 1.807) is 11.6 Å². The number of aromatic nitrogens is 2. The molecule has 1 aromatic heterocycles. The van der Waals surface area contributed by atoms with E-state index in [9.17, 15) is 4.79 Å². The average Bonchev–Trinajstić information content (AvgIpc) is 2.43. The summed E-state index contributed by atoms with van der Waals surface area (Å²) in [5.41, 5.74) is 7.90. The van der Waals surface area contributed by atoms with Gasteiger partial charge in [0.1, 0.15) is 6.04 Å². The van der Waals surface area contributed by atoms with Gasteiger partial charge in [0.25, 0.3) is 0 Å². The maximum atomic E-state index is 11.3. The topological polar surface area (TPSA) is 70.1 Å². The molecule has 0 aliphatic heterocycles. The Kier molecular flexibility index (Phi) is 2.78. The second kappa shape index (κ2) is 3.69. The quantitative estimate of drug-likeness (QED) is 0.712. The van der Waals surface area contributed by atoms with Crippen LogP contribution in [0.2, 0.25) is 0 Å².